The lowest BCUT2D eigenvalue weighted by atomic mass is 10.2. The van der Waals surface area contributed by atoms with E-state index in [2.05, 4.69) is 15.4 Å². The number of nitrogens with one attached hydrogen (secondary N) is 1. The molecule has 2 aromatic rings. The zero-order valence-corrected chi connectivity index (χ0v) is 11.5. The zero-order chi connectivity index (χ0) is 14.9. The molecule has 3 N–H and O–H groups in total. The Bertz CT molecular complexity index is 652. The third kappa shape index (κ3) is 2.76. The van der Waals surface area contributed by atoms with E-state index in [0.717, 1.165) is 6.07 Å². The van der Waals surface area contributed by atoms with Crippen molar-refractivity contribution in [1.82, 2.24) is 14.8 Å². The molecule has 1 unspecified atom stereocenters. The summed E-state index contributed by atoms with van der Waals surface area (Å²) in [5.74, 6) is 0.508. The van der Waals surface area contributed by atoms with Crippen molar-refractivity contribution in [2.24, 2.45) is 0 Å². The smallest absolute Gasteiger partial charge is 0.249 e. The summed E-state index contributed by atoms with van der Waals surface area (Å²) < 4.78 is 14.5. The van der Waals surface area contributed by atoms with Crippen LogP contribution >= 0.6 is 0 Å². The van der Waals surface area contributed by atoms with E-state index < -0.39 is 11.9 Å². The van der Waals surface area contributed by atoms with Crippen LogP contribution in [0.2, 0.25) is 0 Å². The van der Waals surface area contributed by atoms with Gasteiger partial charge in [0.1, 0.15) is 23.5 Å². The molecule has 0 saturated heterocycles. The maximum absolute atomic E-state index is 12.9. The first-order chi connectivity index (χ1) is 9.38. The van der Waals surface area contributed by atoms with E-state index in [9.17, 15) is 9.18 Å². The molecule has 7 heteroatoms. The third-order valence-electron chi connectivity index (χ3n) is 2.93. The highest BCUT2D eigenvalue weighted by atomic mass is 19.1. The quantitative estimate of drug-likeness (QED) is 0.838. The Morgan fingerprint density at radius 3 is 2.70 bits per heavy atom. The zero-order valence-electron chi connectivity index (χ0n) is 11.5. The minimum atomic E-state index is -0.541. The molecule has 6 nitrogen and oxygen atoms in total. The van der Waals surface area contributed by atoms with E-state index in [0.29, 0.717) is 17.3 Å². The number of hydrogen-bond acceptors (Lipinski definition) is 4. The number of rotatable bonds is 3. The topological polar surface area (TPSA) is 85.8 Å². The molecule has 1 aromatic carbocycles. The summed E-state index contributed by atoms with van der Waals surface area (Å²) in [6.45, 7) is 5.23. The van der Waals surface area contributed by atoms with Crippen LogP contribution in [-0.2, 0) is 4.79 Å². The van der Waals surface area contributed by atoms with Gasteiger partial charge in [-0.05, 0) is 39.0 Å². The fourth-order valence-corrected chi connectivity index (χ4v) is 1.90. The first-order valence-electron chi connectivity index (χ1n) is 6.14. The lowest BCUT2D eigenvalue weighted by molar-refractivity contribution is -0.119. The van der Waals surface area contributed by atoms with Gasteiger partial charge in [-0.1, -0.05) is 0 Å². The van der Waals surface area contributed by atoms with Crippen LogP contribution in [0.1, 0.15) is 24.6 Å². The van der Waals surface area contributed by atoms with Crippen LogP contribution in [0.15, 0.2) is 18.2 Å². The number of hydrogen-bond donors (Lipinski definition) is 2. The average molecular weight is 277 g/mol. The molecule has 0 aliphatic rings. The minimum absolute atomic E-state index is 0.178. The van der Waals surface area contributed by atoms with Crippen molar-refractivity contribution in [2.45, 2.75) is 26.8 Å². The fourth-order valence-electron chi connectivity index (χ4n) is 1.90. The van der Waals surface area contributed by atoms with Gasteiger partial charge in [-0.15, -0.1) is 0 Å². The van der Waals surface area contributed by atoms with Crippen LogP contribution in [0.5, 0.6) is 0 Å². The van der Waals surface area contributed by atoms with Gasteiger partial charge >= 0.3 is 0 Å². The molecule has 0 bridgehead atoms. The number of benzene rings is 1. The van der Waals surface area contributed by atoms with E-state index >= 15 is 0 Å². The summed E-state index contributed by atoms with van der Waals surface area (Å²) in [6, 6.07) is 3.28. The number of carbonyl (C=O) groups is 1. The molecular weight excluding hydrogens is 261 g/mol. The molecule has 1 aromatic heterocycles. The molecule has 1 heterocycles. The van der Waals surface area contributed by atoms with Crippen LogP contribution in [0.4, 0.5) is 15.8 Å². The summed E-state index contributed by atoms with van der Waals surface area (Å²) in [5.41, 5.74) is 6.20. The average Bonchev–Trinajstić information content (AvgIpc) is 2.71. The van der Waals surface area contributed by atoms with E-state index in [1.165, 1.54) is 16.8 Å². The van der Waals surface area contributed by atoms with E-state index in [4.69, 9.17) is 5.73 Å². The molecule has 0 aliphatic heterocycles. The van der Waals surface area contributed by atoms with Gasteiger partial charge < -0.3 is 11.1 Å². The van der Waals surface area contributed by atoms with Crippen molar-refractivity contribution in [3.05, 3.63) is 35.7 Å². The molecule has 1 amide bonds. The molecule has 106 valence electrons. The summed E-state index contributed by atoms with van der Waals surface area (Å²) in [6.07, 6.45) is 0. The number of nitrogen functional groups attached to an aromatic ring is 1. The van der Waals surface area contributed by atoms with Gasteiger partial charge in [0, 0.05) is 0 Å². The molecule has 0 saturated carbocycles. The maximum Gasteiger partial charge on any atom is 0.249 e. The molecular formula is C13H16FN5O. The number of amides is 1. The Kier molecular flexibility index (Phi) is 3.69. The van der Waals surface area contributed by atoms with Gasteiger partial charge in [0.05, 0.1) is 11.4 Å². The van der Waals surface area contributed by atoms with Crippen molar-refractivity contribution >= 4 is 17.3 Å². The van der Waals surface area contributed by atoms with Gasteiger partial charge in [0.2, 0.25) is 5.91 Å². The van der Waals surface area contributed by atoms with Crippen LogP contribution in [-0.4, -0.2) is 20.7 Å². The second-order valence-corrected chi connectivity index (χ2v) is 4.55. The number of anilines is 2. The third-order valence-corrected chi connectivity index (χ3v) is 2.93. The molecule has 0 radical (unpaired) electrons. The second kappa shape index (κ2) is 5.28. The van der Waals surface area contributed by atoms with Crippen molar-refractivity contribution in [3.8, 4) is 0 Å². The summed E-state index contributed by atoms with van der Waals surface area (Å²) in [5, 5.41) is 6.82. The monoisotopic (exact) mass is 277 g/mol. The number of carbonyl (C=O) groups excluding carboxylic acids is 1. The van der Waals surface area contributed by atoms with Crippen LogP contribution in [0.25, 0.3) is 0 Å². The Balaban J connectivity index is 2.17. The molecule has 2 rings (SSSR count). The van der Waals surface area contributed by atoms with Gasteiger partial charge in [-0.2, -0.15) is 5.10 Å². The largest absolute Gasteiger partial charge is 0.397 e. The Hall–Kier alpha value is -2.44. The van der Waals surface area contributed by atoms with Gasteiger partial charge in [0.25, 0.3) is 0 Å². The predicted octanol–water partition coefficient (Wildman–Crippen LogP) is 1.82. The number of halogens is 1. The van der Waals surface area contributed by atoms with Crippen molar-refractivity contribution in [3.63, 3.8) is 0 Å². The van der Waals surface area contributed by atoms with Crippen LogP contribution in [0.3, 0.4) is 0 Å². The SMILES string of the molecule is Cc1nc(C)n(C(C)C(=O)Nc2ccc(F)cc2N)n1. The van der Waals surface area contributed by atoms with Crippen molar-refractivity contribution in [2.75, 3.05) is 11.1 Å². The molecule has 0 aliphatic carbocycles. The first-order valence-corrected chi connectivity index (χ1v) is 6.14. The highest BCUT2D eigenvalue weighted by Crippen LogP contribution is 2.20. The highest BCUT2D eigenvalue weighted by Gasteiger charge is 2.19. The lowest BCUT2D eigenvalue weighted by Gasteiger charge is -2.14. The summed E-state index contributed by atoms with van der Waals surface area (Å²) in [7, 11) is 0. The molecule has 1 atom stereocenters. The second-order valence-electron chi connectivity index (χ2n) is 4.55. The van der Waals surface area contributed by atoms with Gasteiger partial charge in [-0.25, -0.2) is 14.1 Å². The number of aromatic nitrogens is 3. The Morgan fingerprint density at radius 2 is 2.15 bits per heavy atom. The summed E-state index contributed by atoms with van der Waals surface area (Å²) >= 11 is 0. The van der Waals surface area contributed by atoms with Crippen molar-refractivity contribution < 1.29 is 9.18 Å². The Morgan fingerprint density at radius 1 is 1.45 bits per heavy atom. The minimum Gasteiger partial charge on any atom is -0.397 e. The van der Waals surface area contributed by atoms with Crippen LogP contribution < -0.4 is 11.1 Å². The fraction of sp³-hybridized carbons (Fsp3) is 0.308. The number of nitrogens with zero attached hydrogens (tertiary/aromatic N) is 3. The van der Waals surface area contributed by atoms with Crippen molar-refractivity contribution in [1.29, 1.82) is 0 Å². The molecule has 0 fully saturated rings. The van der Waals surface area contributed by atoms with Gasteiger partial charge in [-0.3, -0.25) is 4.79 Å². The van der Waals surface area contributed by atoms with Crippen LogP contribution in [0, 0.1) is 19.7 Å². The molecule has 0 spiro atoms. The van der Waals surface area contributed by atoms with Gasteiger partial charge in [0.15, 0.2) is 0 Å². The highest BCUT2D eigenvalue weighted by molar-refractivity contribution is 5.96. The molecule has 20 heavy (non-hydrogen) atoms. The van der Waals surface area contributed by atoms with E-state index in [-0.39, 0.29) is 11.6 Å². The maximum atomic E-state index is 12.9. The predicted molar refractivity (Wildman–Crippen MR) is 73.6 cm³/mol. The standard InChI is InChI=1S/C13H16FN5O/c1-7(19-9(3)16-8(2)18-19)13(20)17-12-5-4-10(14)6-11(12)15/h4-7H,15H2,1-3H3,(H,17,20). The van der Waals surface area contributed by atoms with E-state index in [1.54, 1.807) is 20.8 Å². The lowest BCUT2D eigenvalue weighted by Crippen LogP contribution is -2.25. The number of nitrogens with two attached hydrogens (primary N) is 1. The normalized spacial score (nSPS) is 12.2. The Labute approximate surface area is 115 Å². The van der Waals surface area contributed by atoms with E-state index in [1.807, 2.05) is 0 Å². The first kappa shape index (κ1) is 14.0. The number of aryl methyl sites for hydroxylation is 2. The summed E-state index contributed by atoms with van der Waals surface area (Å²) in [4.78, 5) is 16.3.